The van der Waals surface area contributed by atoms with Crippen LogP contribution in [0.5, 0.6) is 0 Å². The smallest absolute Gasteiger partial charge is 0.148 e. The van der Waals surface area contributed by atoms with Crippen molar-refractivity contribution in [3.63, 3.8) is 0 Å². The molecule has 0 amide bonds. The van der Waals surface area contributed by atoms with E-state index in [2.05, 4.69) is 21.0 Å². The van der Waals surface area contributed by atoms with Gasteiger partial charge in [0.15, 0.2) is 0 Å². The van der Waals surface area contributed by atoms with E-state index in [4.69, 9.17) is 0 Å². The third-order valence-corrected chi connectivity index (χ3v) is 3.52. The topological polar surface area (TPSA) is 38.0 Å². The number of nitrogens with zero attached hydrogens (tertiary/aromatic N) is 2. The maximum absolute atomic E-state index is 13.7. The zero-order valence-corrected chi connectivity index (χ0v) is 10.0. The van der Waals surface area contributed by atoms with Crippen LogP contribution in [0.1, 0.15) is 12.8 Å². The van der Waals surface area contributed by atoms with E-state index in [9.17, 15) is 9.50 Å². The monoisotopic (exact) mass is 284 g/mol. The Hall–Kier alpha value is -0.940. The van der Waals surface area contributed by atoms with Gasteiger partial charge in [0.1, 0.15) is 5.82 Å². The fraction of sp³-hybridized carbons (Fsp3) is 0.364. The van der Waals surface area contributed by atoms with E-state index in [0.29, 0.717) is 21.9 Å². The molecule has 0 saturated heterocycles. The summed E-state index contributed by atoms with van der Waals surface area (Å²) in [5, 5.41) is 14.5. The minimum Gasteiger partial charge on any atom is -0.388 e. The lowest BCUT2D eigenvalue weighted by molar-refractivity contribution is 0.125. The number of aliphatic hydroxyl groups is 1. The maximum atomic E-state index is 13.7. The fourth-order valence-corrected chi connectivity index (χ4v) is 2.11. The molecule has 84 valence electrons. The van der Waals surface area contributed by atoms with Gasteiger partial charge in [-0.25, -0.2) is 4.39 Å². The first-order chi connectivity index (χ1) is 7.57. The second-order valence-corrected chi connectivity index (χ2v) is 5.20. The molecular weight excluding hydrogens is 275 g/mol. The van der Waals surface area contributed by atoms with E-state index >= 15 is 0 Å². The average Bonchev–Trinajstić information content (AvgIpc) is 2.80. The van der Waals surface area contributed by atoms with Crippen molar-refractivity contribution in [1.29, 1.82) is 0 Å². The summed E-state index contributed by atoms with van der Waals surface area (Å²) in [4.78, 5) is 0. The molecule has 0 radical (unpaired) electrons. The molecule has 1 aromatic heterocycles. The lowest BCUT2D eigenvalue weighted by Gasteiger charge is -2.05. The van der Waals surface area contributed by atoms with Gasteiger partial charge in [0, 0.05) is 6.20 Å². The molecule has 1 fully saturated rings. The van der Waals surface area contributed by atoms with Crippen LogP contribution in [0, 0.1) is 5.82 Å². The molecule has 1 saturated carbocycles. The summed E-state index contributed by atoms with van der Waals surface area (Å²) in [6.45, 7) is 0.443. The Morgan fingerprint density at radius 2 is 2.25 bits per heavy atom. The lowest BCUT2D eigenvalue weighted by atomic mass is 10.2. The molecule has 1 aliphatic rings. The first-order valence-electron chi connectivity index (χ1n) is 5.11. The quantitative estimate of drug-likeness (QED) is 0.920. The van der Waals surface area contributed by atoms with Crippen LogP contribution in [-0.4, -0.2) is 20.5 Å². The average molecular weight is 285 g/mol. The SMILES string of the molecule is OC1(Cn2cc3c(F)c(Br)ccc3n2)CC1. The third kappa shape index (κ3) is 1.64. The molecule has 1 heterocycles. The maximum Gasteiger partial charge on any atom is 0.148 e. The second-order valence-electron chi connectivity index (χ2n) is 4.35. The summed E-state index contributed by atoms with van der Waals surface area (Å²) in [6.07, 6.45) is 3.25. The second kappa shape index (κ2) is 3.28. The van der Waals surface area contributed by atoms with Gasteiger partial charge in [0.05, 0.1) is 27.5 Å². The molecule has 0 unspecified atom stereocenters. The van der Waals surface area contributed by atoms with E-state index in [1.165, 1.54) is 0 Å². The zero-order valence-electron chi connectivity index (χ0n) is 8.45. The van der Waals surface area contributed by atoms with Crippen molar-refractivity contribution in [2.45, 2.75) is 25.0 Å². The van der Waals surface area contributed by atoms with Crippen molar-refractivity contribution in [3.05, 3.63) is 28.6 Å². The summed E-state index contributed by atoms with van der Waals surface area (Å²) in [6, 6.07) is 3.40. The first-order valence-corrected chi connectivity index (χ1v) is 5.90. The summed E-state index contributed by atoms with van der Waals surface area (Å²) in [7, 11) is 0. The van der Waals surface area contributed by atoms with Crippen LogP contribution >= 0.6 is 15.9 Å². The van der Waals surface area contributed by atoms with E-state index < -0.39 is 5.60 Å². The fourth-order valence-electron chi connectivity index (χ4n) is 1.77. The van der Waals surface area contributed by atoms with Crippen LogP contribution in [0.25, 0.3) is 10.9 Å². The van der Waals surface area contributed by atoms with Gasteiger partial charge in [-0.3, -0.25) is 4.68 Å². The molecule has 16 heavy (non-hydrogen) atoms. The highest BCUT2D eigenvalue weighted by atomic mass is 79.9. The molecule has 3 nitrogen and oxygen atoms in total. The van der Waals surface area contributed by atoms with E-state index in [1.807, 2.05) is 0 Å². The van der Waals surface area contributed by atoms with Gasteiger partial charge >= 0.3 is 0 Å². The Balaban J connectivity index is 2.05. The number of hydrogen-bond donors (Lipinski definition) is 1. The highest BCUT2D eigenvalue weighted by Crippen LogP contribution is 2.36. The van der Waals surface area contributed by atoms with Gasteiger partial charge in [0.25, 0.3) is 0 Å². The minimum absolute atomic E-state index is 0.300. The van der Waals surface area contributed by atoms with Gasteiger partial charge in [0.2, 0.25) is 0 Å². The largest absolute Gasteiger partial charge is 0.388 e. The van der Waals surface area contributed by atoms with Gasteiger partial charge in [-0.05, 0) is 40.9 Å². The molecule has 0 atom stereocenters. The van der Waals surface area contributed by atoms with E-state index in [0.717, 1.165) is 12.8 Å². The van der Waals surface area contributed by atoms with Gasteiger partial charge < -0.3 is 5.11 Å². The highest BCUT2D eigenvalue weighted by Gasteiger charge is 2.40. The summed E-state index contributed by atoms with van der Waals surface area (Å²) in [5.74, 6) is -0.300. The predicted octanol–water partition coefficient (Wildman–Crippen LogP) is 2.46. The Morgan fingerprint density at radius 1 is 1.50 bits per heavy atom. The summed E-state index contributed by atoms with van der Waals surface area (Å²) < 4.78 is 15.8. The molecular formula is C11H10BrFN2O. The Labute approximate surface area is 100 Å². The van der Waals surface area contributed by atoms with Crippen molar-refractivity contribution in [3.8, 4) is 0 Å². The van der Waals surface area contributed by atoms with Crippen molar-refractivity contribution >= 4 is 26.8 Å². The number of hydrogen-bond acceptors (Lipinski definition) is 2. The molecule has 0 aliphatic heterocycles. The van der Waals surface area contributed by atoms with E-state index in [-0.39, 0.29) is 5.82 Å². The molecule has 0 bridgehead atoms. The molecule has 0 spiro atoms. The van der Waals surface area contributed by atoms with Crippen LogP contribution in [0.4, 0.5) is 4.39 Å². The summed E-state index contributed by atoms with van der Waals surface area (Å²) >= 11 is 3.14. The Bertz CT molecular complexity index is 562. The number of benzene rings is 1. The normalized spacial score (nSPS) is 17.9. The van der Waals surface area contributed by atoms with Crippen molar-refractivity contribution < 1.29 is 9.50 Å². The molecule has 3 rings (SSSR count). The number of aromatic nitrogens is 2. The molecule has 5 heteroatoms. The van der Waals surface area contributed by atoms with Crippen molar-refractivity contribution in [1.82, 2.24) is 9.78 Å². The van der Waals surface area contributed by atoms with Crippen LogP contribution in [-0.2, 0) is 6.54 Å². The zero-order chi connectivity index (χ0) is 11.3. The number of halogens is 2. The molecule has 2 aromatic rings. The Morgan fingerprint density at radius 3 is 2.94 bits per heavy atom. The molecule has 1 aliphatic carbocycles. The van der Waals surface area contributed by atoms with Crippen molar-refractivity contribution in [2.75, 3.05) is 0 Å². The highest BCUT2D eigenvalue weighted by molar-refractivity contribution is 9.10. The van der Waals surface area contributed by atoms with Gasteiger partial charge in [-0.1, -0.05) is 0 Å². The summed E-state index contributed by atoms with van der Waals surface area (Å²) in [5.41, 5.74) is 0.000368. The van der Waals surface area contributed by atoms with Crippen LogP contribution in [0.15, 0.2) is 22.8 Å². The van der Waals surface area contributed by atoms with Crippen molar-refractivity contribution in [2.24, 2.45) is 0 Å². The predicted molar refractivity (Wildman–Crippen MR) is 61.6 cm³/mol. The lowest BCUT2D eigenvalue weighted by Crippen LogP contribution is -2.16. The number of rotatable bonds is 2. The van der Waals surface area contributed by atoms with Gasteiger partial charge in [-0.15, -0.1) is 0 Å². The van der Waals surface area contributed by atoms with E-state index in [1.54, 1.807) is 23.0 Å². The number of fused-ring (bicyclic) bond motifs is 1. The van der Waals surface area contributed by atoms with Crippen LogP contribution in [0.2, 0.25) is 0 Å². The first kappa shape index (κ1) is 10.2. The third-order valence-electron chi connectivity index (χ3n) is 2.91. The standard InChI is InChI=1S/C11H10BrFN2O/c12-8-1-2-9-7(10(8)13)5-15(14-9)6-11(16)3-4-11/h1-2,5,16H,3-4,6H2. The minimum atomic E-state index is -0.615. The Kier molecular flexibility index (Phi) is 2.09. The molecule has 1 N–H and O–H groups in total. The van der Waals surface area contributed by atoms with Crippen LogP contribution < -0.4 is 0 Å². The molecule has 1 aromatic carbocycles. The van der Waals surface area contributed by atoms with Gasteiger partial charge in [-0.2, -0.15) is 5.10 Å². The van der Waals surface area contributed by atoms with Crippen LogP contribution in [0.3, 0.4) is 0 Å².